The fourth-order valence-corrected chi connectivity index (χ4v) is 1.98. The van der Waals surface area contributed by atoms with E-state index in [0.29, 0.717) is 17.7 Å². The first-order chi connectivity index (χ1) is 8.43. The standard InChI is InChI=1S/C13H15BrN2O2/c1-8(2)5-12(13(17)18)16-11-6-10(14)4-3-9(11)7-15/h3-4,6,8,12,16H,5H2,1-2H3,(H,17,18). The van der Waals surface area contributed by atoms with E-state index in [1.165, 1.54) is 0 Å². The van der Waals surface area contributed by atoms with Gasteiger partial charge in [-0.25, -0.2) is 4.79 Å². The van der Waals surface area contributed by atoms with Gasteiger partial charge in [-0.1, -0.05) is 29.8 Å². The third-order valence-corrected chi connectivity index (χ3v) is 2.93. The molecular formula is C13H15BrN2O2. The summed E-state index contributed by atoms with van der Waals surface area (Å²) in [7, 11) is 0. The van der Waals surface area contributed by atoms with Gasteiger partial charge in [0.15, 0.2) is 0 Å². The van der Waals surface area contributed by atoms with E-state index in [1.54, 1.807) is 18.2 Å². The van der Waals surface area contributed by atoms with Gasteiger partial charge in [0.1, 0.15) is 12.1 Å². The van der Waals surface area contributed by atoms with E-state index in [0.717, 1.165) is 4.47 Å². The van der Waals surface area contributed by atoms with E-state index in [9.17, 15) is 4.79 Å². The van der Waals surface area contributed by atoms with Crippen LogP contribution in [-0.2, 0) is 4.79 Å². The predicted octanol–water partition coefficient (Wildman–Crippen LogP) is 3.23. The fourth-order valence-electron chi connectivity index (χ4n) is 1.61. The van der Waals surface area contributed by atoms with Crippen LogP contribution in [0, 0.1) is 17.2 Å². The number of halogens is 1. The van der Waals surface area contributed by atoms with E-state index in [4.69, 9.17) is 10.4 Å². The third kappa shape index (κ3) is 4.04. The molecule has 0 aliphatic heterocycles. The highest BCUT2D eigenvalue weighted by atomic mass is 79.9. The van der Waals surface area contributed by atoms with Crippen LogP contribution >= 0.6 is 15.9 Å². The van der Waals surface area contributed by atoms with Gasteiger partial charge in [-0.15, -0.1) is 0 Å². The Bertz CT molecular complexity index is 480. The molecule has 0 saturated carbocycles. The Morgan fingerprint density at radius 3 is 2.72 bits per heavy atom. The van der Waals surface area contributed by atoms with Crippen molar-refractivity contribution < 1.29 is 9.90 Å². The summed E-state index contributed by atoms with van der Waals surface area (Å²) in [6.45, 7) is 3.92. The van der Waals surface area contributed by atoms with Gasteiger partial charge in [0.25, 0.3) is 0 Å². The van der Waals surface area contributed by atoms with Crippen molar-refractivity contribution in [3.8, 4) is 6.07 Å². The van der Waals surface area contributed by atoms with Crippen LogP contribution in [0.25, 0.3) is 0 Å². The summed E-state index contributed by atoms with van der Waals surface area (Å²) in [5, 5.41) is 21.1. The lowest BCUT2D eigenvalue weighted by Crippen LogP contribution is -2.31. The second-order valence-corrected chi connectivity index (χ2v) is 5.38. The molecule has 1 aromatic rings. The molecule has 0 amide bonds. The monoisotopic (exact) mass is 310 g/mol. The highest BCUT2D eigenvalue weighted by Gasteiger charge is 2.19. The molecule has 0 heterocycles. The molecule has 2 N–H and O–H groups in total. The van der Waals surface area contributed by atoms with Crippen LogP contribution < -0.4 is 5.32 Å². The van der Waals surface area contributed by atoms with E-state index in [1.807, 2.05) is 19.9 Å². The van der Waals surface area contributed by atoms with Crippen molar-refractivity contribution in [3.05, 3.63) is 28.2 Å². The lowest BCUT2D eigenvalue weighted by Gasteiger charge is -2.18. The minimum absolute atomic E-state index is 0.260. The highest BCUT2D eigenvalue weighted by Crippen LogP contribution is 2.22. The first-order valence-electron chi connectivity index (χ1n) is 5.63. The van der Waals surface area contributed by atoms with E-state index >= 15 is 0 Å². The highest BCUT2D eigenvalue weighted by molar-refractivity contribution is 9.10. The van der Waals surface area contributed by atoms with E-state index in [2.05, 4.69) is 21.2 Å². The van der Waals surface area contributed by atoms with Gasteiger partial charge in [-0.05, 0) is 30.5 Å². The molecule has 1 unspecified atom stereocenters. The summed E-state index contributed by atoms with van der Waals surface area (Å²) in [6, 6.07) is 6.48. The number of hydrogen-bond donors (Lipinski definition) is 2. The summed E-state index contributed by atoms with van der Waals surface area (Å²) in [5.74, 6) is -0.649. The van der Waals surface area contributed by atoms with Crippen molar-refractivity contribution in [1.29, 1.82) is 5.26 Å². The van der Waals surface area contributed by atoms with Crippen LogP contribution in [0.4, 0.5) is 5.69 Å². The number of benzene rings is 1. The number of carboxylic acids is 1. The third-order valence-electron chi connectivity index (χ3n) is 2.44. The Morgan fingerprint density at radius 2 is 2.22 bits per heavy atom. The molecule has 0 bridgehead atoms. The Hall–Kier alpha value is -1.54. The number of aliphatic carboxylic acids is 1. The van der Waals surface area contributed by atoms with E-state index in [-0.39, 0.29) is 5.92 Å². The second-order valence-electron chi connectivity index (χ2n) is 4.47. The lowest BCUT2D eigenvalue weighted by atomic mass is 10.0. The predicted molar refractivity (Wildman–Crippen MR) is 73.4 cm³/mol. The molecule has 4 nitrogen and oxygen atoms in total. The molecule has 0 aliphatic carbocycles. The molecule has 0 aromatic heterocycles. The van der Waals surface area contributed by atoms with Crippen molar-refractivity contribution in [2.45, 2.75) is 26.3 Å². The van der Waals surface area contributed by atoms with Gasteiger partial charge in [-0.2, -0.15) is 5.26 Å². The van der Waals surface area contributed by atoms with Crippen LogP contribution in [0.2, 0.25) is 0 Å². The Labute approximate surface area is 115 Å². The number of nitriles is 1. The maximum Gasteiger partial charge on any atom is 0.326 e. The molecule has 18 heavy (non-hydrogen) atoms. The molecule has 1 rings (SSSR count). The summed E-state index contributed by atoms with van der Waals surface area (Å²) >= 11 is 3.31. The molecule has 96 valence electrons. The molecule has 1 atom stereocenters. The summed E-state index contributed by atoms with van der Waals surface area (Å²) in [5.41, 5.74) is 0.980. The molecule has 0 aliphatic rings. The first-order valence-corrected chi connectivity index (χ1v) is 6.42. The Balaban J connectivity index is 2.96. The first kappa shape index (κ1) is 14.5. The zero-order valence-corrected chi connectivity index (χ0v) is 11.9. The number of carbonyl (C=O) groups is 1. The van der Waals surface area contributed by atoms with Crippen molar-refractivity contribution >= 4 is 27.6 Å². The maximum absolute atomic E-state index is 11.2. The summed E-state index contributed by atoms with van der Waals surface area (Å²) < 4.78 is 0.803. The van der Waals surface area contributed by atoms with Crippen LogP contribution in [0.5, 0.6) is 0 Å². The fraction of sp³-hybridized carbons (Fsp3) is 0.385. The average Bonchev–Trinajstić information content (AvgIpc) is 2.27. The minimum Gasteiger partial charge on any atom is -0.480 e. The van der Waals surface area contributed by atoms with Gasteiger partial charge >= 0.3 is 5.97 Å². The van der Waals surface area contributed by atoms with E-state index < -0.39 is 12.0 Å². The maximum atomic E-state index is 11.2. The molecule has 0 spiro atoms. The topological polar surface area (TPSA) is 73.1 Å². The number of nitrogens with one attached hydrogen (secondary N) is 1. The molecule has 1 aromatic carbocycles. The number of anilines is 1. The number of nitrogens with zero attached hydrogens (tertiary/aromatic N) is 1. The number of carboxylic acid groups (broad SMARTS) is 1. The van der Waals surface area contributed by atoms with Crippen LogP contribution in [-0.4, -0.2) is 17.1 Å². The SMILES string of the molecule is CC(C)CC(Nc1cc(Br)ccc1C#N)C(=O)O. The number of hydrogen-bond acceptors (Lipinski definition) is 3. The van der Waals surface area contributed by atoms with Gasteiger partial charge in [0.2, 0.25) is 0 Å². The van der Waals surface area contributed by atoms with Crippen molar-refractivity contribution in [2.75, 3.05) is 5.32 Å². The second kappa shape index (κ2) is 6.41. The Morgan fingerprint density at radius 1 is 1.56 bits per heavy atom. The van der Waals surface area contributed by atoms with Crippen molar-refractivity contribution in [1.82, 2.24) is 0 Å². The largest absolute Gasteiger partial charge is 0.480 e. The summed E-state index contributed by atoms with van der Waals surface area (Å²) in [6.07, 6.45) is 0.507. The zero-order valence-electron chi connectivity index (χ0n) is 10.3. The zero-order chi connectivity index (χ0) is 13.7. The van der Waals surface area contributed by atoms with Crippen molar-refractivity contribution in [2.24, 2.45) is 5.92 Å². The van der Waals surface area contributed by atoms with Crippen molar-refractivity contribution in [3.63, 3.8) is 0 Å². The molecule has 0 fully saturated rings. The summed E-state index contributed by atoms with van der Waals surface area (Å²) in [4.78, 5) is 11.2. The number of rotatable bonds is 5. The normalized spacial score (nSPS) is 11.9. The molecular weight excluding hydrogens is 296 g/mol. The molecule has 5 heteroatoms. The Kier molecular flexibility index (Phi) is 5.17. The van der Waals surface area contributed by atoms with Crippen LogP contribution in [0.15, 0.2) is 22.7 Å². The molecule has 0 radical (unpaired) electrons. The minimum atomic E-state index is -0.910. The van der Waals surface area contributed by atoms with Gasteiger partial charge in [0, 0.05) is 4.47 Å². The lowest BCUT2D eigenvalue weighted by molar-refractivity contribution is -0.138. The molecule has 0 saturated heterocycles. The van der Waals surface area contributed by atoms with Gasteiger partial charge < -0.3 is 10.4 Å². The van der Waals surface area contributed by atoms with Gasteiger partial charge in [-0.3, -0.25) is 0 Å². The van der Waals surface area contributed by atoms with Gasteiger partial charge in [0.05, 0.1) is 11.3 Å². The smallest absolute Gasteiger partial charge is 0.326 e. The van der Waals surface area contributed by atoms with Crippen LogP contribution in [0.1, 0.15) is 25.8 Å². The van der Waals surface area contributed by atoms with Crippen LogP contribution in [0.3, 0.4) is 0 Å². The quantitative estimate of drug-likeness (QED) is 0.875. The average molecular weight is 311 g/mol.